The van der Waals surface area contributed by atoms with Crippen LogP contribution in [0.1, 0.15) is 35.8 Å². The van der Waals surface area contributed by atoms with E-state index in [1.807, 2.05) is 60.7 Å². The van der Waals surface area contributed by atoms with Crippen LogP contribution >= 0.6 is 0 Å². The standard InChI is InChI=1S/C26H22N2O4/c29-25-23-21(17-7-3-1-4-8-17)15-16-22(18-9-5-2-6-10-18)24(23)26(30)27(25)19-11-13-20(14-12-19)28(31)32/h1-14,21-24H,15-16H2/t21-,22+,23+,24-. The van der Waals surface area contributed by atoms with Crippen molar-refractivity contribution in [2.24, 2.45) is 11.8 Å². The third-order valence-corrected chi connectivity index (χ3v) is 6.83. The maximum atomic E-state index is 13.7. The summed E-state index contributed by atoms with van der Waals surface area (Å²) >= 11 is 0. The lowest BCUT2D eigenvalue weighted by Crippen LogP contribution is -2.34. The summed E-state index contributed by atoms with van der Waals surface area (Å²) in [4.78, 5) is 39.2. The predicted molar refractivity (Wildman–Crippen MR) is 120 cm³/mol. The number of anilines is 1. The molecule has 3 aromatic rings. The molecule has 0 radical (unpaired) electrons. The number of hydrogen-bond acceptors (Lipinski definition) is 4. The molecule has 32 heavy (non-hydrogen) atoms. The molecule has 1 saturated heterocycles. The number of amides is 2. The first-order chi connectivity index (χ1) is 15.6. The van der Waals surface area contributed by atoms with Crippen molar-refractivity contribution in [3.8, 4) is 0 Å². The summed E-state index contributed by atoms with van der Waals surface area (Å²) in [5.41, 5.74) is 2.45. The zero-order valence-corrected chi connectivity index (χ0v) is 17.3. The molecule has 6 nitrogen and oxygen atoms in total. The van der Waals surface area contributed by atoms with E-state index in [0.717, 1.165) is 24.0 Å². The lowest BCUT2D eigenvalue weighted by Gasteiger charge is -2.37. The molecule has 1 aliphatic heterocycles. The summed E-state index contributed by atoms with van der Waals surface area (Å²) < 4.78 is 0. The summed E-state index contributed by atoms with van der Waals surface area (Å²) in [5, 5.41) is 11.0. The molecule has 6 heteroatoms. The summed E-state index contributed by atoms with van der Waals surface area (Å²) in [6.07, 6.45) is 1.63. The zero-order valence-electron chi connectivity index (χ0n) is 17.3. The number of carbonyl (C=O) groups is 2. The van der Waals surface area contributed by atoms with Crippen molar-refractivity contribution in [1.29, 1.82) is 0 Å². The van der Waals surface area contributed by atoms with E-state index >= 15 is 0 Å². The predicted octanol–water partition coefficient (Wildman–Crippen LogP) is 5.06. The fourth-order valence-electron chi connectivity index (χ4n) is 5.40. The Bertz CT molecular complexity index is 1100. The first-order valence-corrected chi connectivity index (χ1v) is 10.8. The Labute approximate surface area is 185 Å². The molecule has 2 aliphatic rings. The third kappa shape index (κ3) is 3.28. The van der Waals surface area contributed by atoms with Crippen LogP contribution in [0.5, 0.6) is 0 Å². The van der Waals surface area contributed by atoms with E-state index in [1.165, 1.54) is 29.2 Å². The summed E-state index contributed by atoms with van der Waals surface area (Å²) in [7, 11) is 0. The number of non-ortho nitro benzene ring substituents is 1. The molecule has 5 rings (SSSR count). The number of rotatable bonds is 4. The number of fused-ring (bicyclic) bond motifs is 1. The maximum Gasteiger partial charge on any atom is 0.269 e. The highest BCUT2D eigenvalue weighted by Crippen LogP contribution is 2.53. The van der Waals surface area contributed by atoms with Crippen molar-refractivity contribution < 1.29 is 14.5 Å². The second-order valence-corrected chi connectivity index (χ2v) is 8.45. The van der Waals surface area contributed by atoms with Gasteiger partial charge in [-0.15, -0.1) is 0 Å². The van der Waals surface area contributed by atoms with E-state index in [4.69, 9.17) is 0 Å². The van der Waals surface area contributed by atoms with Gasteiger partial charge in [-0.25, -0.2) is 0 Å². The van der Waals surface area contributed by atoms with Gasteiger partial charge < -0.3 is 0 Å². The molecule has 2 fully saturated rings. The smallest absolute Gasteiger partial charge is 0.269 e. The van der Waals surface area contributed by atoms with E-state index < -0.39 is 16.8 Å². The molecule has 1 heterocycles. The van der Waals surface area contributed by atoms with Crippen LogP contribution in [-0.4, -0.2) is 16.7 Å². The Kier molecular flexibility index (Phi) is 5.05. The molecule has 0 N–H and O–H groups in total. The van der Waals surface area contributed by atoms with Gasteiger partial charge in [-0.2, -0.15) is 0 Å². The first-order valence-electron chi connectivity index (χ1n) is 10.8. The average molecular weight is 426 g/mol. The van der Waals surface area contributed by atoms with Gasteiger partial charge in [0.05, 0.1) is 22.4 Å². The Hall–Kier alpha value is -3.80. The second kappa shape index (κ2) is 8.04. The van der Waals surface area contributed by atoms with Crippen molar-refractivity contribution in [3.63, 3.8) is 0 Å². The quantitative estimate of drug-likeness (QED) is 0.332. The summed E-state index contributed by atoms with van der Waals surface area (Å²) in [6.45, 7) is 0. The summed E-state index contributed by atoms with van der Waals surface area (Å²) in [6, 6.07) is 25.5. The number of hydrogen-bond donors (Lipinski definition) is 0. The van der Waals surface area contributed by atoms with Gasteiger partial charge in [-0.1, -0.05) is 60.7 Å². The van der Waals surface area contributed by atoms with E-state index in [2.05, 4.69) is 0 Å². The molecule has 1 saturated carbocycles. The van der Waals surface area contributed by atoms with Crippen LogP contribution < -0.4 is 4.90 Å². The van der Waals surface area contributed by atoms with Gasteiger partial charge >= 0.3 is 0 Å². The van der Waals surface area contributed by atoms with Gasteiger partial charge in [-0.05, 0) is 47.9 Å². The monoisotopic (exact) mass is 426 g/mol. The fourth-order valence-corrected chi connectivity index (χ4v) is 5.40. The SMILES string of the molecule is O=C1[C@@H]2[C@H](C(=O)N1c1ccc([N+](=O)[O-])cc1)[C@H](c1ccccc1)CC[C@@H]2c1ccccc1. The molecule has 0 bridgehead atoms. The number of nitro benzene ring substituents is 1. The molecule has 1 aliphatic carbocycles. The molecule has 0 aromatic heterocycles. The first kappa shape index (κ1) is 20.1. The van der Waals surface area contributed by atoms with Gasteiger partial charge in [0.2, 0.25) is 11.8 Å². The van der Waals surface area contributed by atoms with Gasteiger partial charge in [0, 0.05) is 12.1 Å². The van der Waals surface area contributed by atoms with Crippen molar-refractivity contribution in [3.05, 3.63) is 106 Å². The van der Waals surface area contributed by atoms with Gasteiger partial charge in [0.1, 0.15) is 0 Å². The molecule has 3 aromatic carbocycles. The number of nitrogens with zero attached hydrogens (tertiary/aromatic N) is 2. The van der Waals surface area contributed by atoms with Crippen LogP contribution in [0, 0.1) is 22.0 Å². The maximum absolute atomic E-state index is 13.7. The van der Waals surface area contributed by atoms with Gasteiger partial charge in [0.25, 0.3) is 5.69 Å². The van der Waals surface area contributed by atoms with E-state index in [0.29, 0.717) is 5.69 Å². The normalized spacial score (nSPS) is 24.9. The number of carbonyl (C=O) groups excluding carboxylic acids is 2. The van der Waals surface area contributed by atoms with Gasteiger partial charge in [0.15, 0.2) is 0 Å². The fraction of sp³-hybridized carbons (Fsp3) is 0.231. The van der Waals surface area contributed by atoms with E-state index in [9.17, 15) is 19.7 Å². The molecule has 0 unspecified atom stereocenters. The van der Waals surface area contributed by atoms with Crippen molar-refractivity contribution >= 4 is 23.2 Å². The molecule has 160 valence electrons. The van der Waals surface area contributed by atoms with Crippen LogP contribution in [0.25, 0.3) is 0 Å². The molecule has 2 amide bonds. The van der Waals surface area contributed by atoms with Crippen LogP contribution in [-0.2, 0) is 9.59 Å². The highest BCUT2D eigenvalue weighted by atomic mass is 16.6. The Morgan fingerprint density at radius 3 is 1.53 bits per heavy atom. The molecular weight excluding hydrogens is 404 g/mol. The van der Waals surface area contributed by atoms with Crippen LogP contribution in [0.15, 0.2) is 84.9 Å². The minimum Gasteiger partial charge on any atom is -0.274 e. The largest absolute Gasteiger partial charge is 0.274 e. The Morgan fingerprint density at radius 1 is 0.688 bits per heavy atom. The lowest BCUT2D eigenvalue weighted by atomic mass is 9.64. The van der Waals surface area contributed by atoms with E-state index in [-0.39, 0.29) is 29.3 Å². The lowest BCUT2D eigenvalue weighted by molar-refractivity contribution is -0.384. The topological polar surface area (TPSA) is 80.5 Å². The van der Waals surface area contributed by atoms with Crippen molar-refractivity contribution in [1.82, 2.24) is 0 Å². The van der Waals surface area contributed by atoms with Crippen molar-refractivity contribution in [2.75, 3.05) is 4.90 Å². The highest BCUT2D eigenvalue weighted by molar-refractivity contribution is 6.22. The third-order valence-electron chi connectivity index (χ3n) is 6.83. The second-order valence-electron chi connectivity index (χ2n) is 8.45. The minimum absolute atomic E-state index is 0.0411. The Morgan fingerprint density at radius 2 is 1.12 bits per heavy atom. The Balaban J connectivity index is 1.57. The average Bonchev–Trinajstić information content (AvgIpc) is 3.10. The molecular formula is C26H22N2O4. The number of benzene rings is 3. The van der Waals surface area contributed by atoms with Crippen LogP contribution in [0.3, 0.4) is 0 Å². The summed E-state index contributed by atoms with van der Waals surface area (Å²) in [5.74, 6) is -1.44. The molecule has 4 atom stereocenters. The zero-order chi connectivity index (χ0) is 22.2. The highest BCUT2D eigenvalue weighted by Gasteiger charge is 2.56. The number of imide groups is 1. The molecule has 0 spiro atoms. The van der Waals surface area contributed by atoms with Gasteiger partial charge in [-0.3, -0.25) is 24.6 Å². The van der Waals surface area contributed by atoms with Crippen LogP contribution in [0.4, 0.5) is 11.4 Å². The van der Waals surface area contributed by atoms with Crippen LogP contribution in [0.2, 0.25) is 0 Å². The van der Waals surface area contributed by atoms with E-state index in [1.54, 1.807) is 0 Å². The minimum atomic E-state index is -0.492. The number of nitro groups is 1. The van der Waals surface area contributed by atoms with Crippen molar-refractivity contribution in [2.45, 2.75) is 24.7 Å².